The summed E-state index contributed by atoms with van der Waals surface area (Å²) in [5.41, 5.74) is 1.62. The van der Waals surface area contributed by atoms with E-state index in [2.05, 4.69) is 23.5 Å². The maximum atomic E-state index is 13.2. The summed E-state index contributed by atoms with van der Waals surface area (Å²) in [4.78, 5) is 17.5. The summed E-state index contributed by atoms with van der Waals surface area (Å²) in [6, 6.07) is 11.3. The van der Waals surface area contributed by atoms with Crippen molar-refractivity contribution in [2.75, 3.05) is 44.6 Å². The number of nitrogens with zero attached hydrogens (tertiary/aromatic N) is 2. The van der Waals surface area contributed by atoms with Crippen LogP contribution in [0.1, 0.15) is 36.2 Å². The molecule has 1 fully saturated rings. The van der Waals surface area contributed by atoms with Crippen molar-refractivity contribution in [3.8, 4) is 5.75 Å². The molecule has 1 heterocycles. The number of sulfonamides is 1. The molecule has 0 spiro atoms. The van der Waals surface area contributed by atoms with E-state index in [4.69, 9.17) is 4.74 Å². The SMILES string of the molecule is COc1ccc(NS(=O)(=O)c2ccc(C)c(C(=O)N3CCN(CCC(C)C)CC3)c2)cc1. The van der Waals surface area contributed by atoms with E-state index in [1.807, 2.05) is 11.8 Å². The van der Waals surface area contributed by atoms with Gasteiger partial charge in [-0.25, -0.2) is 8.42 Å². The van der Waals surface area contributed by atoms with Crippen molar-refractivity contribution < 1.29 is 17.9 Å². The van der Waals surface area contributed by atoms with E-state index >= 15 is 0 Å². The average molecular weight is 460 g/mol. The van der Waals surface area contributed by atoms with Gasteiger partial charge < -0.3 is 9.64 Å². The van der Waals surface area contributed by atoms with Crippen molar-refractivity contribution in [2.24, 2.45) is 5.92 Å². The van der Waals surface area contributed by atoms with Crippen molar-refractivity contribution in [1.82, 2.24) is 9.80 Å². The number of hydrogen-bond donors (Lipinski definition) is 1. The summed E-state index contributed by atoms with van der Waals surface area (Å²) in [6.07, 6.45) is 1.15. The summed E-state index contributed by atoms with van der Waals surface area (Å²) in [5, 5.41) is 0. The van der Waals surface area contributed by atoms with E-state index < -0.39 is 10.0 Å². The van der Waals surface area contributed by atoms with Crippen LogP contribution in [0.2, 0.25) is 0 Å². The fourth-order valence-corrected chi connectivity index (χ4v) is 4.74. The van der Waals surface area contributed by atoms with Gasteiger partial charge in [0, 0.05) is 37.4 Å². The molecule has 1 aliphatic heterocycles. The van der Waals surface area contributed by atoms with Crippen LogP contribution in [0.5, 0.6) is 5.75 Å². The van der Waals surface area contributed by atoms with Crippen LogP contribution in [0, 0.1) is 12.8 Å². The molecule has 2 aromatic rings. The Morgan fingerprint density at radius 3 is 2.31 bits per heavy atom. The molecular weight excluding hydrogens is 426 g/mol. The number of amides is 1. The highest BCUT2D eigenvalue weighted by atomic mass is 32.2. The van der Waals surface area contributed by atoms with Crippen molar-refractivity contribution >= 4 is 21.6 Å². The predicted molar refractivity (Wildman–Crippen MR) is 127 cm³/mol. The monoisotopic (exact) mass is 459 g/mol. The first-order chi connectivity index (χ1) is 15.2. The van der Waals surface area contributed by atoms with Crippen LogP contribution in [0.25, 0.3) is 0 Å². The highest BCUT2D eigenvalue weighted by Crippen LogP contribution is 2.22. The largest absolute Gasteiger partial charge is 0.497 e. The number of carbonyl (C=O) groups is 1. The van der Waals surface area contributed by atoms with Gasteiger partial charge >= 0.3 is 0 Å². The number of anilines is 1. The zero-order chi connectivity index (χ0) is 23.3. The summed E-state index contributed by atoms with van der Waals surface area (Å²) in [7, 11) is -2.28. The standard InChI is InChI=1S/C24H33N3O4S/c1-18(2)11-12-26-13-15-27(16-14-26)24(28)23-17-22(10-5-19(23)3)32(29,30)25-20-6-8-21(31-4)9-7-20/h5-10,17-18,25H,11-16H2,1-4H3. The summed E-state index contributed by atoms with van der Waals surface area (Å²) in [6.45, 7) is 10.3. The molecule has 1 amide bonds. The van der Waals surface area contributed by atoms with E-state index in [-0.39, 0.29) is 10.8 Å². The van der Waals surface area contributed by atoms with Crippen LogP contribution >= 0.6 is 0 Å². The zero-order valence-corrected chi connectivity index (χ0v) is 20.1. The van der Waals surface area contributed by atoms with Crippen molar-refractivity contribution in [2.45, 2.75) is 32.1 Å². The molecule has 8 heteroatoms. The summed E-state index contributed by atoms with van der Waals surface area (Å²) in [5.74, 6) is 1.18. The van der Waals surface area contributed by atoms with Gasteiger partial charge in [0.25, 0.3) is 15.9 Å². The molecule has 0 bridgehead atoms. The first-order valence-corrected chi connectivity index (χ1v) is 12.5. The lowest BCUT2D eigenvalue weighted by Crippen LogP contribution is -2.49. The van der Waals surface area contributed by atoms with Crippen molar-refractivity contribution in [1.29, 1.82) is 0 Å². The Labute approximate surface area is 191 Å². The lowest BCUT2D eigenvalue weighted by molar-refractivity contribution is 0.0631. The Balaban J connectivity index is 1.71. The average Bonchev–Trinajstić information content (AvgIpc) is 2.78. The van der Waals surface area contributed by atoms with E-state index in [1.54, 1.807) is 37.4 Å². The van der Waals surface area contributed by atoms with Crippen LogP contribution in [0.4, 0.5) is 5.69 Å². The molecule has 1 saturated heterocycles. The number of nitrogens with one attached hydrogen (secondary N) is 1. The Morgan fingerprint density at radius 2 is 1.72 bits per heavy atom. The van der Waals surface area contributed by atoms with Crippen molar-refractivity contribution in [3.63, 3.8) is 0 Å². The molecular formula is C24H33N3O4S. The first-order valence-electron chi connectivity index (χ1n) is 11.0. The number of methoxy groups -OCH3 is 1. The Kier molecular flexibility index (Phi) is 7.79. The van der Waals surface area contributed by atoms with Crippen molar-refractivity contribution in [3.05, 3.63) is 53.6 Å². The normalized spacial score (nSPS) is 15.1. The van der Waals surface area contributed by atoms with Crippen LogP contribution in [-0.4, -0.2) is 64.0 Å². The minimum absolute atomic E-state index is 0.0674. The Bertz CT molecular complexity index is 1030. The molecule has 0 aliphatic carbocycles. The van der Waals surface area contributed by atoms with Gasteiger partial charge in [-0.3, -0.25) is 14.4 Å². The predicted octanol–water partition coefficient (Wildman–Crippen LogP) is 3.61. The summed E-state index contributed by atoms with van der Waals surface area (Å²) < 4.78 is 33.5. The molecule has 174 valence electrons. The number of rotatable bonds is 8. The van der Waals surface area contributed by atoms with Crippen LogP contribution in [0.15, 0.2) is 47.4 Å². The second-order valence-electron chi connectivity index (χ2n) is 8.63. The molecule has 0 aromatic heterocycles. The van der Waals surface area contributed by atoms with Crippen LogP contribution < -0.4 is 9.46 Å². The second kappa shape index (κ2) is 10.4. The number of piperazine rings is 1. The fourth-order valence-electron chi connectivity index (χ4n) is 3.66. The van der Waals surface area contributed by atoms with Gasteiger partial charge in [-0.15, -0.1) is 0 Å². The van der Waals surface area contributed by atoms with E-state index in [1.165, 1.54) is 12.1 Å². The quantitative estimate of drug-likeness (QED) is 0.652. The third-order valence-electron chi connectivity index (χ3n) is 5.77. The molecule has 2 aromatic carbocycles. The summed E-state index contributed by atoms with van der Waals surface area (Å²) >= 11 is 0. The zero-order valence-electron chi connectivity index (χ0n) is 19.3. The molecule has 1 aliphatic rings. The lowest BCUT2D eigenvalue weighted by atomic mass is 10.1. The third kappa shape index (κ3) is 6.01. The minimum Gasteiger partial charge on any atom is -0.497 e. The Hall–Kier alpha value is -2.58. The molecule has 3 rings (SSSR count). The van der Waals surface area contributed by atoms with Gasteiger partial charge in [-0.1, -0.05) is 19.9 Å². The number of aryl methyl sites for hydroxylation is 1. The lowest BCUT2D eigenvalue weighted by Gasteiger charge is -2.35. The van der Waals surface area contributed by atoms with Gasteiger partial charge in [0.15, 0.2) is 0 Å². The van der Waals surface area contributed by atoms with Gasteiger partial charge in [0.1, 0.15) is 5.75 Å². The van der Waals surface area contributed by atoms with Gasteiger partial charge in [0.2, 0.25) is 0 Å². The molecule has 7 nitrogen and oxygen atoms in total. The van der Waals surface area contributed by atoms with Crippen LogP contribution in [-0.2, 0) is 10.0 Å². The Morgan fingerprint density at radius 1 is 1.06 bits per heavy atom. The number of benzene rings is 2. The first kappa shape index (κ1) is 24.1. The maximum Gasteiger partial charge on any atom is 0.261 e. The van der Waals surface area contributed by atoms with Gasteiger partial charge in [-0.05, 0) is 67.8 Å². The maximum absolute atomic E-state index is 13.2. The second-order valence-corrected chi connectivity index (χ2v) is 10.3. The van der Waals surface area contributed by atoms with E-state index in [9.17, 15) is 13.2 Å². The molecule has 0 radical (unpaired) electrons. The highest BCUT2D eigenvalue weighted by Gasteiger charge is 2.25. The highest BCUT2D eigenvalue weighted by molar-refractivity contribution is 7.92. The molecule has 32 heavy (non-hydrogen) atoms. The smallest absolute Gasteiger partial charge is 0.261 e. The molecule has 0 saturated carbocycles. The molecule has 0 atom stereocenters. The van der Waals surface area contributed by atoms with E-state index in [0.717, 1.165) is 31.6 Å². The molecule has 1 N–H and O–H groups in total. The van der Waals surface area contributed by atoms with Gasteiger partial charge in [-0.2, -0.15) is 0 Å². The minimum atomic E-state index is -3.83. The van der Waals surface area contributed by atoms with Crippen LogP contribution in [0.3, 0.4) is 0 Å². The fraction of sp³-hybridized carbons (Fsp3) is 0.458. The number of ether oxygens (including phenoxy) is 1. The number of carbonyl (C=O) groups excluding carboxylic acids is 1. The van der Waals surface area contributed by atoms with Gasteiger partial charge in [0.05, 0.1) is 12.0 Å². The number of hydrogen-bond acceptors (Lipinski definition) is 5. The third-order valence-corrected chi connectivity index (χ3v) is 7.15. The molecule has 0 unspecified atom stereocenters. The topological polar surface area (TPSA) is 78.9 Å². The van der Waals surface area contributed by atoms with E-state index in [0.29, 0.717) is 36.0 Å².